The molecule has 7 nitrogen and oxygen atoms in total. The van der Waals surface area contributed by atoms with Crippen molar-refractivity contribution in [1.82, 2.24) is 9.62 Å². The maximum Gasteiger partial charge on any atom is 0.243 e. The second kappa shape index (κ2) is 9.80. The number of carbonyl (C=O) groups is 1. The summed E-state index contributed by atoms with van der Waals surface area (Å²) in [6.45, 7) is 0.931. The Labute approximate surface area is 194 Å². The van der Waals surface area contributed by atoms with E-state index < -0.39 is 15.9 Å². The first kappa shape index (κ1) is 23.1. The Balaban J connectivity index is 1.46. The molecule has 1 atom stereocenters. The maximum absolute atomic E-state index is 13.2. The van der Waals surface area contributed by atoms with Crippen LogP contribution in [0.4, 0.5) is 0 Å². The molecule has 1 heterocycles. The minimum absolute atomic E-state index is 0.122. The van der Waals surface area contributed by atoms with E-state index >= 15 is 0 Å². The molecular formula is C25H28N2O5S. The molecule has 0 radical (unpaired) electrons. The van der Waals surface area contributed by atoms with Crippen molar-refractivity contribution in [3.63, 3.8) is 0 Å². The lowest BCUT2D eigenvalue weighted by Gasteiger charge is -2.31. The summed E-state index contributed by atoms with van der Waals surface area (Å²) in [5.74, 6) is 0.277. The van der Waals surface area contributed by atoms with Gasteiger partial charge in [0, 0.05) is 25.7 Å². The molecule has 0 bridgehead atoms. The topological polar surface area (TPSA) is 84.9 Å². The molecule has 3 aromatic rings. The summed E-state index contributed by atoms with van der Waals surface area (Å²) >= 11 is 0. The Kier molecular flexibility index (Phi) is 6.85. The molecule has 1 fully saturated rings. The average Bonchev–Trinajstić information content (AvgIpc) is 2.86. The SMILES string of the molecule is COc1ccc(S(=O)(=O)N2CCC[C@@H](C(=O)NCc3cccc4ccccc34)C2)cc1OC. The Bertz CT molecular complexity index is 1250. The molecule has 33 heavy (non-hydrogen) atoms. The quantitative estimate of drug-likeness (QED) is 0.573. The molecule has 174 valence electrons. The molecular weight excluding hydrogens is 440 g/mol. The number of carbonyl (C=O) groups excluding carboxylic acids is 1. The summed E-state index contributed by atoms with van der Waals surface area (Å²) in [5.41, 5.74) is 1.03. The van der Waals surface area contributed by atoms with E-state index in [-0.39, 0.29) is 17.3 Å². The fraction of sp³-hybridized carbons (Fsp3) is 0.320. The van der Waals surface area contributed by atoms with Crippen molar-refractivity contribution < 1.29 is 22.7 Å². The third kappa shape index (κ3) is 4.82. The van der Waals surface area contributed by atoms with Crippen molar-refractivity contribution in [2.24, 2.45) is 5.92 Å². The van der Waals surface area contributed by atoms with Crippen LogP contribution in [0.15, 0.2) is 65.6 Å². The summed E-state index contributed by atoms with van der Waals surface area (Å²) < 4.78 is 38.3. The van der Waals surface area contributed by atoms with Gasteiger partial charge in [0.1, 0.15) is 0 Å². The average molecular weight is 469 g/mol. The number of sulfonamides is 1. The molecule has 0 aromatic heterocycles. The zero-order valence-corrected chi connectivity index (χ0v) is 19.6. The number of hydrogen-bond donors (Lipinski definition) is 1. The van der Waals surface area contributed by atoms with Gasteiger partial charge in [0.2, 0.25) is 15.9 Å². The van der Waals surface area contributed by atoms with Gasteiger partial charge in [-0.25, -0.2) is 8.42 Å². The summed E-state index contributed by atoms with van der Waals surface area (Å²) in [7, 11) is -0.802. The van der Waals surface area contributed by atoms with Gasteiger partial charge in [-0.2, -0.15) is 4.31 Å². The maximum atomic E-state index is 13.2. The Hall–Kier alpha value is -3.10. The Morgan fingerprint density at radius 1 is 1.03 bits per heavy atom. The van der Waals surface area contributed by atoms with Crippen LogP contribution >= 0.6 is 0 Å². The van der Waals surface area contributed by atoms with Crippen molar-refractivity contribution in [3.8, 4) is 11.5 Å². The van der Waals surface area contributed by atoms with E-state index in [0.717, 1.165) is 16.3 Å². The number of rotatable bonds is 7. The smallest absolute Gasteiger partial charge is 0.243 e. The number of hydrogen-bond acceptors (Lipinski definition) is 5. The first-order valence-electron chi connectivity index (χ1n) is 10.9. The third-order valence-corrected chi connectivity index (χ3v) is 7.94. The first-order chi connectivity index (χ1) is 15.9. The van der Waals surface area contributed by atoms with Crippen molar-refractivity contribution in [2.45, 2.75) is 24.3 Å². The van der Waals surface area contributed by atoms with Crippen molar-refractivity contribution in [1.29, 1.82) is 0 Å². The van der Waals surface area contributed by atoms with Crippen LogP contribution in [-0.2, 0) is 21.4 Å². The monoisotopic (exact) mass is 468 g/mol. The van der Waals surface area contributed by atoms with Gasteiger partial charge in [-0.1, -0.05) is 42.5 Å². The van der Waals surface area contributed by atoms with E-state index in [1.165, 1.54) is 30.7 Å². The summed E-state index contributed by atoms with van der Waals surface area (Å²) in [4.78, 5) is 13.1. The highest BCUT2D eigenvalue weighted by Crippen LogP contribution is 2.32. The van der Waals surface area contributed by atoms with Gasteiger partial charge in [-0.15, -0.1) is 0 Å². The number of fused-ring (bicyclic) bond motifs is 1. The number of benzene rings is 3. The summed E-state index contributed by atoms with van der Waals surface area (Å²) in [6.07, 6.45) is 1.28. The second-order valence-electron chi connectivity index (χ2n) is 8.08. The molecule has 0 aliphatic carbocycles. The summed E-state index contributed by atoms with van der Waals surface area (Å²) in [6, 6.07) is 18.6. The fourth-order valence-corrected chi connectivity index (χ4v) is 5.81. The lowest BCUT2D eigenvalue weighted by atomic mass is 9.98. The molecule has 3 aromatic carbocycles. The van der Waals surface area contributed by atoms with Crippen LogP contribution in [0.5, 0.6) is 11.5 Å². The van der Waals surface area contributed by atoms with Crippen LogP contribution in [0, 0.1) is 5.92 Å². The van der Waals surface area contributed by atoms with Gasteiger partial charge >= 0.3 is 0 Å². The van der Waals surface area contributed by atoms with Crippen molar-refractivity contribution in [2.75, 3.05) is 27.3 Å². The number of amides is 1. The van der Waals surface area contributed by atoms with Crippen LogP contribution in [0.2, 0.25) is 0 Å². The molecule has 4 rings (SSSR count). The van der Waals surface area contributed by atoms with Gasteiger partial charge in [0.25, 0.3) is 0 Å². The van der Waals surface area contributed by atoms with Crippen molar-refractivity contribution >= 4 is 26.7 Å². The standard InChI is InChI=1S/C25H28N2O5S/c1-31-23-13-12-21(15-24(23)32-2)33(29,30)27-14-6-10-20(17-27)25(28)26-16-19-9-5-8-18-7-3-4-11-22(18)19/h3-5,7-9,11-13,15,20H,6,10,14,16-17H2,1-2H3,(H,26,28)/t20-/m1/s1. The van der Waals surface area contributed by atoms with Crippen LogP contribution in [0.25, 0.3) is 10.8 Å². The number of piperidine rings is 1. The fourth-order valence-electron chi connectivity index (χ4n) is 4.27. The number of methoxy groups -OCH3 is 2. The number of nitrogens with zero attached hydrogens (tertiary/aromatic N) is 1. The van der Waals surface area contributed by atoms with Gasteiger partial charge in [0.05, 0.1) is 25.0 Å². The molecule has 1 N–H and O–H groups in total. The molecule has 0 unspecified atom stereocenters. The molecule has 1 aliphatic rings. The minimum Gasteiger partial charge on any atom is -0.493 e. The zero-order chi connectivity index (χ0) is 23.4. The van der Waals surface area contributed by atoms with Crippen molar-refractivity contribution in [3.05, 3.63) is 66.2 Å². The Morgan fingerprint density at radius 2 is 1.79 bits per heavy atom. The van der Waals surface area contributed by atoms with E-state index in [1.54, 1.807) is 6.07 Å². The third-order valence-electron chi connectivity index (χ3n) is 6.08. The zero-order valence-electron chi connectivity index (χ0n) is 18.8. The largest absolute Gasteiger partial charge is 0.493 e. The highest BCUT2D eigenvalue weighted by atomic mass is 32.2. The molecule has 1 amide bonds. The minimum atomic E-state index is -3.76. The summed E-state index contributed by atoms with van der Waals surface area (Å²) in [5, 5.41) is 5.23. The molecule has 8 heteroatoms. The van der Waals surface area contributed by atoms with E-state index in [1.807, 2.05) is 42.5 Å². The number of ether oxygens (including phenoxy) is 2. The van der Waals surface area contributed by atoms with Gasteiger partial charge in [-0.3, -0.25) is 4.79 Å². The highest BCUT2D eigenvalue weighted by Gasteiger charge is 2.33. The van der Waals surface area contributed by atoms with Crippen LogP contribution in [0.3, 0.4) is 0 Å². The predicted octanol–water partition coefficient (Wildman–Crippen LogP) is 3.57. The normalized spacial score (nSPS) is 17.0. The lowest BCUT2D eigenvalue weighted by Crippen LogP contribution is -2.45. The number of nitrogens with one attached hydrogen (secondary N) is 1. The van der Waals surface area contributed by atoms with Gasteiger partial charge in [-0.05, 0) is 41.3 Å². The molecule has 1 aliphatic heterocycles. The van der Waals surface area contributed by atoms with Gasteiger partial charge in [0.15, 0.2) is 11.5 Å². The second-order valence-corrected chi connectivity index (χ2v) is 10.0. The predicted molar refractivity (Wildman–Crippen MR) is 127 cm³/mol. The molecule has 0 saturated carbocycles. The highest BCUT2D eigenvalue weighted by molar-refractivity contribution is 7.89. The van der Waals surface area contributed by atoms with Crippen LogP contribution in [-0.4, -0.2) is 45.9 Å². The first-order valence-corrected chi connectivity index (χ1v) is 12.3. The van der Waals surface area contributed by atoms with Crippen LogP contribution in [0.1, 0.15) is 18.4 Å². The van der Waals surface area contributed by atoms with E-state index in [9.17, 15) is 13.2 Å². The molecule has 0 spiro atoms. The van der Waals surface area contributed by atoms with E-state index in [2.05, 4.69) is 5.32 Å². The van der Waals surface area contributed by atoms with E-state index in [0.29, 0.717) is 37.4 Å². The van der Waals surface area contributed by atoms with Crippen LogP contribution < -0.4 is 14.8 Å². The van der Waals surface area contributed by atoms with Gasteiger partial charge < -0.3 is 14.8 Å². The Morgan fingerprint density at radius 3 is 2.58 bits per heavy atom. The van der Waals surface area contributed by atoms with E-state index in [4.69, 9.17) is 9.47 Å². The lowest BCUT2D eigenvalue weighted by molar-refractivity contribution is -0.126. The molecule has 1 saturated heterocycles.